The van der Waals surface area contributed by atoms with Crippen LogP contribution >= 0.6 is 0 Å². The monoisotopic (exact) mass is 216 g/mol. The molecule has 1 aromatic rings. The Labute approximate surface area is 93.7 Å². The Bertz CT molecular complexity index is 415. The van der Waals surface area contributed by atoms with Crippen LogP contribution in [0.25, 0.3) is 0 Å². The maximum absolute atomic E-state index is 12.0. The van der Waals surface area contributed by atoms with E-state index in [4.69, 9.17) is 5.26 Å². The van der Waals surface area contributed by atoms with Crippen molar-refractivity contribution in [2.75, 3.05) is 26.2 Å². The van der Waals surface area contributed by atoms with Crippen LogP contribution in [0.15, 0.2) is 18.3 Å². The first-order valence-corrected chi connectivity index (χ1v) is 5.17. The lowest BCUT2D eigenvalue weighted by atomic mass is 10.2. The second kappa shape index (κ2) is 4.73. The largest absolute Gasteiger partial charge is 0.335 e. The van der Waals surface area contributed by atoms with Crippen molar-refractivity contribution in [3.05, 3.63) is 29.6 Å². The van der Waals surface area contributed by atoms with Crippen LogP contribution in [-0.4, -0.2) is 42.0 Å². The zero-order chi connectivity index (χ0) is 11.4. The molecule has 1 aromatic heterocycles. The van der Waals surface area contributed by atoms with Crippen molar-refractivity contribution in [2.24, 2.45) is 0 Å². The smallest absolute Gasteiger partial charge is 0.272 e. The first kappa shape index (κ1) is 10.6. The lowest BCUT2D eigenvalue weighted by Crippen LogP contribution is -2.46. The van der Waals surface area contributed by atoms with E-state index in [0.717, 1.165) is 13.1 Å². The zero-order valence-corrected chi connectivity index (χ0v) is 8.81. The summed E-state index contributed by atoms with van der Waals surface area (Å²) < 4.78 is 0. The summed E-state index contributed by atoms with van der Waals surface area (Å²) in [5.41, 5.74) is 0.873. The maximum Gasteiger partial charge on any atom is 0.272 e. The normalized spacial score (nSPS) is 15.6. The molecule has 1 amide bonds. The molecular formula is C11H12N4O. The number of nitrogens with one attached hydrogen (secondary N) is 1. The second-order valence-electron chi connectivity index (χ2n) is 3.59. The minimum absolute atomic E-state index is 0.0639. The van der Waals surface area contributed by atoms with Crippen LogP contribution in [0, 0.1) is 11.3 Å². The molecule has 0 atom stereocenters. The number of pyridine rings is 1. The molecule has 2 heterocycles. The molecule has 1 N–H and O–H groups in total. The van der Waals surface area contributed by atoms with Crippen LogP contribution in [0.1, 0.15) is 16.1 Å². The van der Waals surface area contributed by atoms with Crippen LogP contribution in [-0.2, 0) is 0 Å². The van der Waals surface area contributed by atoms with Gasteiger partial charge in [0.25, 0.3) is 5.91 Å². The Morgan fingerprint density at radius 1 is 1.44 bits per heavy atom. The van der Waals surface area contributed by atoms with Crippen LogP contribution in [0.3, 0.4) is 0 Å². The van der Waals surface area contributed by atoms with E-state index in [2.05, 4.69) is 10.3 Å². The van der Waals surface area contributed by atoms with Crippen molar-refractivity contribution in [3.63, 3.8) is 0 Å². The predicted molar refractivity (Wildman–Crippen MR) is 57.7 cm³/mol. The molecule has 0 bridgehead atoms. The summed E-state index contributed by atoms with van der Waals surface area (Å²) in [6.45, 7) is 3.06. The van der Waals surface area contributed by atoms with E-state index in [9.17, 15) is 4.79 Å². The number of amides is 1. The van der Waals surface area contributed by atoms with E-state index in [1.165, 1.54) is 6.20 Å². The highest BCUT2D eigenvalue weighted by molar-refractivity contribution is 5.92. The quantitative estimate of drug-likeness (QED) is 0.717. The highest BCUT2D eigenvalue weighted by atomic mass is 16.2. The third-order valence-corrected chi connectivity index (χ3v) is 2.52. The van der Waals surface area contributed by atoms with Gasteiger partial charge in [0.05, 0.1) is 5.56 Å². The fourth-order valence-corrected chi connectivity index (χ4v) is 1.62. The molecule has 0 saturated carbocycles. The number of carbonyl (C=O) groups is 1. The molecule has 1 fully saturated rings. The summed E-state index contributed by atoms with van der Waals surface area (Å²) in [5, 5.41) is 11.8. The fourth-order valence-electron chi connectivity index (χ4n) is 1.62. The molecule has 0 radical (unpaired) electrons. The third-order valence-electron chi connectivity index (χ3n) is 2.52. The van der Waals surface area contributed by atoms with Gasteiger partial charge in [-0.2, -0.15) is 5.26 Å². The molecule has 2 rings (SSSR count). The predicted octanol–water partition coefficient (Wildman–Crippen LogP) is -0.00132. The molecule has 5 nitrogen and oxygen atoms in total. The van der Waals surface area contributed by atoms with E-state index < -0.39 is 0 Å². The number of carbonyl (C=O) groups excluding carboxylic acids is 1. The highest BCUT2D eigenvalue weighted by Crippen LogP contribution is 2.04. The average Bonchev–Trinajstić information content (AvgIpc) is 2.39. The van der Waals surface area contributed by atoms with Crippen LogP contribution < -0.4 is 5.32 Å². The van der Waals surface area contributed by atoms with Gasteiger partial charge < -0.3 is 10.2 Å². The minimum atomic E-state index is -0.0639. The van der Waals surface area contributed by atoms with Crippen molar-refractivity contribution in [3.8, 4) is 6.07 Å². The molecule has 5 heteroatoms. The maximum atomic E-state index is 12.0. The van der Waals surface area contributed by atoms with E-state index in [1.807, 2.05) is 6.07 Å². The van der Waals surface area contributed by atoms with Gasteiger partial charge in [-0.1, -0.05) is 0 Å². The number of rotatable bonds is 1. The van der Waals surface area contributed by atoms with Gasteiger partial charge in [0.15, 0.2) is 0 Å². The van der Waals surface area contributed by atoms with Gasteiger partial charge in [-0.05, 0) is 12.1 Å². The van der Waals surface area contributed by atoms with Crippen molar-refractivity contribution < 1.29 is 4.79 Å². The standard InChI is InChI=1S/C11H12N4O/c12-7-9-1-2-10(14-8-9)11(16)15-5-3-13-4-6-15/h1-2,8,13H,3-6H2. The highest BCUT2D eigenvalue weighted by Gasteiger charge is 2.18. The molecule has 1 saturated heterocycles. The van der Waals surface area contributed by atoms with Gasteiger partial charge in [-0.3, -0.25) is 4.79 Å². The van der Waals surface area contributed by atoms with E-state index in [0.29, 0.717) is 24.3 Å². The summed E-state index contributed by atoms with van der Waals surface area (Å²) in [5.74, 6) is -0.0639. The Morgan fingerprint density at radius 3 is 2.75 bits per heavy atom. The lowest BCUT2D eigenvalue weighted by molar-refractivity contribution is 0.0730. The van der Waals surface area contributed by atoms with Gasteiger partial charge in [0.1, 0.15) is 11.8 Å². The van der Waals surface area contributed by atoms with E-state index in [1.54, 1.807) is 17.0 Å². The number of nitriles is 1. The van der Waals surface area contributed by atoms with Crippen molar-refractivity contribution >= 4 is 5.91 Å². The number of nitrogens with zero attached hydrogens (tertiary/aromatic N) is 3. The molecule has 1 aliphatic rings. The molecule has 0 aromatic carbocycles. The van der Waals surface area contributed by atoms with E-state index >= 15 is 0 Å². The van der Waals surface area contributed by atoms with Gasteiger partial charge >= 0.3 is 0 Å². The molecular weight excluding hydrogens is 204 g/mol. The van der Waals surface area contributed by atoms with Crippen molar-refractivity contribution in [1.29, 1.82) is 5.26 Å². The Kier molecular flexibility index (Phi) is 3.13. The Morgan fingerprint density at radius 2 is 2.19 bits per heavy atom. The summed E-state index contributed by atoms with van der Waals surface area (Å²) >= 11 is 0. The van der Waals surface area contributed by atoms with E-state index in [-0.39, 0.29) is 5.91 Å². The summed E-state index contributed by atoms with van der Waals surface area (Å²) in [7, 11) is 0. The average molecular weight is 216 g/mol. The van der Waals surface area contributed by atoms with Gasteiger partial charge in [-0.25, -0.2) is 4.98 Å². The van der Waals surface area contributed by atoms with Crippen LogP contribution in [0.4, 0.5) is 0 Å². The van der Waals surface area contributed by atoms with Crippen molar-refractivity contribution in [1.82, 2.24) is 15.2 Å². The fraction of sp³-hybridized carbons (Fsp3) is 0.364. The number of piperazine rings is 1. The SMILES string of the molecule is N#Cc1ccc(C(=O)N2CCNCC2)nc1. The summed E-state index contributed by atoms with van der Waals surface area (Å²) in [6.07, 6.45) is 1.43. The zero-order valence-electron chi connectivity index (χ0n) is 8.81. The third kappa shape index (κ3) is 2.18. The summed E-state index contributed by atoms with van der Waals surface area (Å²) in [4.78, 5) is 17.7. The Hall–Kier alpha value is -1.93. The van der Waals surface area contributed by atoms with Gasteiger partial charge in [-0.15, -0.1) is 0 Å². The van der Waals surface area contributed by atoms with Crippen molar-refractivity contribution in [2.45, 2.75) is 0 Å². The second-order valence-corrected chi connectivity index (χ2v) is 3.59. The molecule has 1 aliphatic heterocycles. The minimum Gasteiger partial charge on any atom is -0.335 e. The lowest BCUT2D eigenvalue weighted by Gasteiger charge is -2.26. The number of hydrogen-bond acceptors (Lipinski definition) is 4. The topological polar surface area (TPSA) is 69.0 Å². The molecule has 16 heavy (non-hydrogen) atoms. The molecule has 0 unspecified atom stereocenters. The van der Waals surface area contributed by atoms with Gasteiger partial charge in [0.2, 0.25) is 0 Å². The number of aromatic nitrogens is 1. The van der Waals surface area contributed by atoms with Crippen LogP contribution in [0.5, 0.6) is 0 Å². The molecule has 82 valence electrons. The van der Waals surface area contributed by atoms with Crippen LogP contribution in [0.2, 0.25) is 0 Å². The first-order valence-electron chi connectivity index (χ1n) is 5.17. The summed E-state index contributed by atoms with van der Waals surface area (Å²) in [6, 6.07) is 5.19. The Balaban J connectivity index is 2.11. The molecule has 0 aliphatic carbocycles. The molecule has 0 spiro atoms. The number of hydrogen-bond donors (Lipinski definition) is 1. The van der Waals surface area contributed by atoms with Gasteiger partial charge in [0, 0.05) is 32.4 Å². The first-order chi connectivity index (χ1) is 7.81.